The zero-order valence-electron chi connectivity index (χ0n) is 12.8. The molecule has 0 saturated heterocycles. The van der Waals surface area contributed by atoms with Crippen molar-refractivity contribution in [3.05, 3.63) is 0 Å². The van der Waals surface area contributed by atoms with Crippen LogP contribution in [0.3, 0.4) is 0 Å². The van der Waals surface area contributed by atoms with E-state index in [-0.39, 0.29) is 0 Å². The molecular formula is C14H30O4Si. The Morgan fingerprint density at radius 2 is 1.37 bits per heavy atom. The van der Waals surface area contributed by atoms with Gasteiger partial charge in [-0.2, -0.15) is 0 Å². The summed E-state index contributed by atoms with van der Waals surface area (Å²) in [6, 6.07) is 0.763. The van der Waals surface area contributed by atoms with Crippen LogP contribution in [-0.2, 0) is 18.0 Å². The first kappa shape index (κ1) is 17.1. The highest BCUT2D eigenvalue weighted by atomic mass is 28.4. The summed E-state index contributed by atoms with van der Waals surface area (Å²) in [6.45, 7) is 8.56. The molecule has 0 unspecified atom stereocenters. The van der Waals surface area contributed by atoms with Crippen molar-refractivity contribution in [2.24, 2.45) is 0 Å². The van der Waals surface area contributed by atoms with Crippen LogP contribution < -0.4 is 0 Å². The molecule has 1 rings (SSSR count). The summed E-state index contributed by atoms with van der Waals surface area (Å²) >= 11 is 0. The fourth-order valence-electron chi connectivity index (χ4n) is 2.58. The van der Waals surface area contributed by atoms with E-state index in [0.717, 1.165) is 6.04 Å². The molecule has 4 nitrogen and oxygen atoms in total. The number of hydrogen-bond donors (Lipinski definition) is 0. The minimum Gasteiger partial charge on any atom is -0.378 e. The first-order valence-electron chi connectivity index (χ1n) is 7.79. The Morgan fingerprint density at radius 1 is 0.842 bits per heavy atom. The summed E-state index contributed by atoms with van der Waals surface area (Å²) in [5.74, 6) is 0. The summed E-state index contributed by atoms with van der Waals surface area (Å²) in [4.78, 5) is 0. The average Bonchev–Trinajstić information content (AvgIpc) is 2.41. The monoisotopic (exact) mass is 290 g/mol. The van der Waals surface area contributed by atoms with Crippen LogP contribution in [-0.4, -0.2) is 41.3 Å². The van der Waals surface area contributed by atoms with Crippen LogP contribution in [0.15, 0.2) is 0 Å². The maximum Gasteiger partial charge on any atom is 0.503 e. The Morgan fingerprint density at radius 3 is 1.84 bits per heavy atom. The highest BCUT2D eigenvalue weighted by Gasteiger charge is 2.40. The fraction of sp³-hybridized carbons (Fsp3) is 1.00. The molecule has 0 amide bonds. The van der Waals surface area contributed by atoms with Crippen molar-refractivity contribution in [1.82, 2.24) is 0 Å². The maximum absolute atomic E-state index is 5.97. The molecule has 1 aliphatic rings. The molecule has 0 aliphatic heterocycles. The Hall–Kier alpha value is 0.0569. The summed E-state index contributed by atoms with van der Waals surface area (Å²) in [5, 5.41) is 0. The van der Waals surface area contributed by atoms with Gasteiger partial charge in [-0.15, -0.1) is 0 Å². The van der Waals surface area contributed by atoms with Crippen LogP contribution in [0.5, 0.6) is 0 Å². The lowest BCUT2D eigenvalue weighted by Crippen LogP contribution is -2.47. The molecule has 1 saturated carbocycles. The van der Waals surface area contributed by atoms with Gasteiger partial charge >= 0.3 is 8.80 Å². The second-order valence-corrected chi connectivity index (χ2v) is 7.59. The quantitative estimate of drug-likeness (QED) is 0.578. The summed E-state index contributed by atoms with van der Waals surface area (Å²) in [7, 11) is -2.51. The molecule has 1 fully saturated rings. The lowest BCUT2D eigenvalue weighted by atomic mass is 9.98. The van der Waals surface area contributed by atoms with E-state index in [4.69, 9.17) is 18.0 Å². The van der Waals surface area contributed by atoms with Gasteiger partial charge in [0.25, 0.3) is 0 Å². The molecule has 0 aromatic rings. The van der Waals surface area contributed by atoms with Crippen LogP contribution in [0.1, 0.15) is 52.9 Å². The molecule has 0 aromatic carbocycles. The normalized spacial score (nSPS) is 17.8. The third kappa shape index (κ3) is 6.36. The number of ether oxygens (including phenoxy) is 1. The Bertz CT molecular complexity index is 202. The van der Waals surface area contributed by atoms with Gasteiger partial charge in [0.15, 0.2) is 0 Å². The van der Waals surface area contributed by atoms with Gasteiger partial charge in [0.1, 0.15) is 0 Å². The van der Waals surface area contributed by atoms with Crippen molar-refractivity contribution in [3.8, 4) is 0 Å². The average molecular weight is 290 g/mol. The van der Waals surface area contributed by atoms with Crippen LogP contribution in [0.25, 0.3) is 0 Å². The van der Waals surface area contributed by atoms with E-state index in [1.165, 1.54) is 32.1 Å². The van der Waals surface area contributed by atoms with Gasteiger partial charge < -0.3 is 18.0 Å². The molecule has 5 heteroatoms. The van der Waals surface area contributed by atoms with Crippen LogP contribution >= 0.6 is 0 Å². The van der Waals surface area contributed by atoms with Gasteiger partial charge in [0.05, 0.1) is 12.7 Å². The number of rotatable bonds is 10. The van der Waals surface area contributed by atoms with Crippen molar-refractivity contribution in [2.45, 2.75) is 65.0 Å². The largest absolute Gasteiger partial charge is 0.503 e. The molecular weight excluding hydrogens is 260 g/mol. The minimum atomic E-state index is -2.51. The SMILES string of the molecule is CCO[Si](CCOC1CCCCC1)(OCC)OCC. The van der Waals surface area contributed by atoms with Gasteiger partial charge in [-0.05, 0) is 33.6 Å². The summed E-state index contributed by atoms with van der Waals surface area (Å²) in [5.41, 5.74) is 0. The lowest BCUT2D eigenvalue weighted by molar-refractivity contribution is 0.0185. The molecule has 0 atom stereocenters. The smallest absolute Gasteiger partial charge is 0.378 e. The highest BCUT2D eigenvalue weighted by molar-refractivity contribution is 6.60. The Kier molecular flexibility index (Phi) is 8.90. The summed E-state index contributed by atoms with van der Waals surface area (Å²) < 4.78 is 23.4. The van der Waals surface area contributed by atoms with Gasteiger partial charge in [0, 0.05) is 25.9 Å². The van der Waals surface area contributed by atoms with E-state index in [1.807, 2.05) is 20.8 Å². The van der Waals surface area contributed by atoms with Gasteiger partial charge in [-0.25, -0.2) is 0 Å². The van der Waals surface area contributed by atoms with E-state index in [2.05, 4.69) is 0 Å². The fourth-order valence-corrected chi connectivity index (χ4v) is 4.95. The topological polar surface area (TPSA) is 36.9 Å². The Balaban J connectivity index is 2.36. The molecule has 0 heterocycles. The van der Waals surface area contributed by atoms with E-state index in [9.17, 15) is 0 Å². The van der Waals surface area contributed by atoms with Gasteiger partial charge in [-0.3, -0.25) is 0 Å². The standard InChI is InChI=1S/C14H30O4Si/c1-4-16-19(17-5-2,18-6-3)13-12-15-14-10-8-7-9-11-14/h14H,4-13H2,1-3H3. The van der Waals surface area contributed by atoms with Crippen molar-refractivity contribution < 1.29 is 18.0 Å². The van der Waals surface area contributed by atoms with Gasteiger partial charge in [0.2, 0.25) is 0 Å². The highest BCUT2D eigenvalue weighted by Crippen LogP contribution is 2.22. The van der Waals surface area contributed by atoms with Crippen LogP contribution in [0.4, 0.5) is 0 Å². The van der Waals surface area contributed by atoms with Gasteiger partial charge in [-0.1, -0.05) is 19.3 Å². The Labute approximate surface area is 119 Å². The second-order valence-electron chi connectivity index (χ2n) is 4.86. The second kappa shape index (κ2) is 9.88. The molecule has 0 radical (unpaired) electrons. The molecule has 0 aromatic heterocycles. The molecule has 114 valence electrons. The predicted molar refractivity (Wildman–Crippen MR) is 78.3 cm³/mol. The summed E-state index contributed by atoms with van der Waals surface area (Å²) in [6.07, 6.45) is 6.80. The van der Waals surface area contributed by atoms with Crippen LogP contribution in [0, 0.1) is 0 Å². The van der Waals surface area contributed by atoms with Crippen LogP contribution in [0.2, 0.25) is 6.04 Å². The van der Waals surface area contributed by atoms with E-state index in [0.29, 0.717) is 32.5 Å². The van der Waals surface area contributed by atoms with E-state index in [1.54, 1.807) is 0 Å². The zero-order valence-corrected chi connectivity index (χ0v) is 13.8. The number of hydrogen-bond acceptors (Lipinski definition) is 4. The third-order valence-electron chi connectivity index (χ3n) is 3.41. The molecule has 0 bridgehead atoms. The molecule has 1 aliphatic carbocycles. The lowest BCUT2D eigenvalue weighted by Gasteiger charge is -2.29. The van der Waals surface area contributed by atoms with Crippen molar-refractivity contribution >= 4 is 8.80 Å². The minimum absolute atomic E-state index is 0.435. The predicted octanol–water partition coefficient (Wildman–Crippen LogP) is 3.38. The first-order chi connectivity index (χ1) is 9.26. The maximum atomic E-state index is 5.97. The zero-order chi connectivity index (χ0) is 14.0. The third-order valence-corrected chi connectivity index (χ3v) is 6.41. The van der Waals surface area contributed by atoms with E-state index >= 15 is 0 Å². The first-order valence-corrected chi connectivity index (χ1v) is 9.73. The molecule has 0 spiro atoms. The van der Waals surface area contributed by atoms with Crippen molar-refractivity contribution in [3.63, 3.8) is 0 Å². The van der Waals surface area contributed by atoms with E-state index < -0.39 is 8.80 Å². The molecule has 0 N–H and O–H groups in total. The van der Waals surface area contributed by atoms with Crippen molar-refractivity contribution in [2.75, 3.05) is 26.4 Å². The van der Waals surface area contributed by atoms with Crippen molar-refractivity contribution in [1.29, 1.82) is 0 Å². The molecule has 19 heavy (non-hydrogen) atoms.